The number of methoxy groups -OCH3 is 1. The average Bonchev–Trinajstić information content (AvgIpc) is 2.21. The van der Waals surface area contributed by atoms with E-state index in [4.69, 9.17) is 4.74 Å². The number of hydrogen-bond acceptors (Lipinski definition) is 3. The Balaban J connectivity index is 0.000000791. The van der Waals surface area contributed by atoms with Gasteiger partial charge in [-0.05, 0) is 20.9 Å². The van der Waals surface area contributed by atoms with Crippen LogP contribution in [0.25, 0.3) is 0 Å². The summed E-state index contributed by atoms with van der Waals surface area (Å²) in [5.74, 6) is 0. The molecule has 3 heteroatoms. The van der Waals surface area contributed by atoms with Gasteiger partial charge < -0.3 is 4.74 Å². The van der Waals surface area contributed by atoms with Gasteiger partial charge in [-0.3, -0.25) is 9.80 Å². The fourth-order valence-electron chi connectivity index (χ4n) is 1.58. The van der Waals surface area contributed by atoms with E-state index in [2.05, 4.69) is 30.7 Å². The SMILES string of the molecule is CC.COC1CN(C(C)C)CCN1C. The molecule has 0 aromatic heterocycles. The number of piperazine rings is 1. The lowest BCUT2D eigenvalue weighted by Gasteiger charge is -2.40. The smallest absolute Gasteiger partial charge is 0.122 e. The molecule has 0 amide bonds. The third kappa shape index (κ3) is 3.95. The van der Waals surface area contributed by atoms with Gasteiger partial charge in [0.2, 0.25) is 0 Å². The van der Waals surface area contributed by atoms with Crippen LogP contribution in [0.1, 0.15) is 27.7 Å². The number of hydrogen-bond donors (Lipinski definition) is 0. The van der Waals surface area contributed by atoms with Crippen molar-refractivity contribution in [3.05, 3.63) is 0 Å². The Bertz CT molecular complexity index is 139. The molecule has 1 unspecified atom stereocenters. The highest BCUT2D eigenvalue weighted by atomic mass is 16.5. The Labute approximate surface area is 89.0 Å². The Morgan fingerprint density at radius 1 is 1.21 bits per heavy atom. The summed E-state index contributed by atoms with van der Waals surface area (Å²) in [5.41, 5.74) is 0. The van der Waals surface area contributed by atoms with Crippen molar-refractivity contribution in [3.8, 4) is 0 Å². The predicted octanol–water partition coefficient (Wildman–Crippen LogP) is 1.64. The summed E-state index contributed by atoms with van der Waals surface area (Å²) in [6.45, 7) is 11.8. The van der Waals surface area contributed by atoms with Crippen molar-refractivity contribution in [1.29, 1.82) is 0 Å². The van der Waals surface area contributed by atoms with Crippen LogP contribution in [0.15, 0.2) is 0 Å². The lowest BCUT2D eigenvalue weighted by molar-refractivity contribution is -0.0749. The molecule has 0 saturated carbocycles. The maximum Gasteiger partial charge on any atom is 0.122 e. The normalized spacial score (nSPS) is 24.6. The van der Waals surface area contributed by atoms with Gasteiger partial charge in [-0.25, -0.2) is 0 Å². The zero-order chi connectivity index (χ0) is 11.1. The van der Waals surface area contributed by atoms with Gasteiger partial charge in [0.05, 0.1) is 0 Å². The van der Waals surface area contributed by atoms with Crippen LogP contribution in [0.3, 0.4) is 0 Å². The molecule has 1 aliphatic heterocycles. The molecule has 1 rings (SSSR count). The fraction of sp³-hybridized carbons (Fsp3) is 1.00. The van der Waals surface area contributed by atoms with Crippen LogP contribution in [-0.4, -0.2) is 55.9 Å². The standard InChI is InChI=1S/C9H20N2O.C2H6/c1-8(2)11-6-5-10(3)9(7-11)12-4;1-2/h8-9H,5-7H2,1-4H3;1-2H3. The molecule has 1 fully saturated rings. The largest absolute Gasteiger partial charge is 0.365 e. The van der Waals surface area contributed by atoms with Crippen molar-refractivity contribution in [2.24, 2.45) is 0 Å². The molecular weight excluding hydrogens is 176 g/mol. The van der Waals surface area contributed by atoms with Gasteiger partial charge in [0, 0.05) is 32.8 Å². The van der Waals surface area contributed by atoms with E-state index in [0.29, 0.717) is 6.04 Å². The molecule has 0 spiro atoms. The van der Waals surface area contributed by atoms with Crippen molar-refractivity contribution in [1.82, 2.24) is 9.80 Å². The quantitative estimate of drug-likeness (QED) is 0.677. The topological polar surface area (TPSA) is 15.7 Å². The number of ether oxygens (including phenoxy) is 1. The maximum absolute atomic E-state index is 5.37. The molecular formula is C11H26N2O. The zero-order valence-electron chi connectivity index (χ0n) is 10.6. The Morgan fingerprint density at radius 3 is 2.21 bits per heavy atom. The second-order valence-corrected chi connectivity index (χ2v) is 3.76. The van der Waals surface area contributed by atoms with E-state index in [1.54, 1.807) is 7.11 Å². The zero-order valence-corrected chi connectivity index (χ0v) is 10.6. The van der Waals surface area contributed by atoms with Crippen molar-refractivity contribution in [2.75, 3.05) is 33.8 Å². The third-order valence-electron chi connectivity index (χ3n) is 2.62. The van der Waals surface area contributed by atoms with E-state index in [1.165, 1.54) is 0 Å². The average molecular weight is 202 g/mol. The summed E-state index contributed by atoms with van der Waals surface area (Å²) in [5, 5.41) is 0. The summed E-state index contributed by atoms with van der Waals surface area (Å²) >= 11 is 0. The molecule has 0 N–H and O–H groups in total. The van der Waals surface area contributed by atoms with Crippen LogP contribution in [-0.2, 0) is 4.74 Å². The van der Waals surface area contributed by atoms with Crippen LogP contribution in [0.4, 0.5) is 0 Å². The number of rotatable bonds is 2. The van der Waals surface area contributed by atoms with Gasteiger partial charge in [-0.1, -0.05) is 13.8 Å². The van der Waals surface area contributed by atoms with Crippen LogP contribution < -0.4 is 0 Å². The monoisotopic (exact) mass is 202 g/mol. The van der Waals surface area contributed by atoms with Gasteiger partial charge in [0.15, 0.2) is 0 Å². The molecule has 14 heavy (non-hydrogen) atoms. The highest BCUT2D eigenvalue weighted by Crippen LogP contribution is 2.10. The van der Waals surface area contributed by atoms with E-state index in [1.807, 2.05) is 13.8 Å². The third-order valence-corrected chi connectivity index (χ3v) is 2.62. The molecule has 0 radical (unpaired) electrons. The summed E-state index contributed by atoms with van der Waals surface area (Å²) < 4.78 is 5.37. The van der Waals surface area contributed by atoms with Crippen molar-refractivity contribution >= 4 is 0 Å². The van der Waals surface area contributed by atoms with Crippen LogP contribution in [0, 0.1) is 0 Å². The summed E-state index contributed by atoms with van der Waals surface area (Å²) in [6, 6.07) is 0.636. The summed E-state index contributed by atoms with van der Waals surface area (Å²) in [4.78, 5) is 4.72. The first-order chi connectivity index (χ1) is 6.65. The minimum Gasteiger partial charge on any atom is -0.365 e. The van der Waals surface area contributed by atoms with Crippen molar-refractivity contribution in [3.63, 3.8) is 0 Å². The molecule has 86 valence electrons. The minimum absolute atomic E-state index is 0.279. The van der Waals surface area contributed by atoms with Crippen molar-refractivity contribution < 1.29 is 4.74 Å². The number of likely N-dealkylation sites (N-methyl/N-ethyl adjacent to an activating group) is 1. The summed E-state index contributed by atoms with van der Waals surface area (Å²) in [7, 11) is 3.90. The Hall–Kier alpha value is -0.120. The fourth-order valence-corrected chi connectivity index (χ4v) is 1.58. The molecule has 0 aromatic carbocycles. The van der Waals surface area contributed by atoms with Gasteiger partial charge >= 0.3 is 0 Å². The Kier molecular flexibility index (Phi) is 7.15. The predicted molar refractivity (Wildman–Crippen MR) is 61.5 cm³/mol. The number of nitrogens with zero attached hydrogens (tertiary/aromatic N) is 2. The second kappa shape index (κ2) is 7.21. The highest BCUT2D eigenvalue weighted by Gasteiger charge is 2.24. The second-order valence-electron chi connectivity index (χ2n) is 3.76. The van der Waals surface area contributed by atoms with E-state index >= 15 is 0 Å². The molecule has 1 saturated heterocycles. The molecule has 1 atom stereocenters. The van der Waals surface area contributed by atoms with E-state index in [0.717, 1.165) is 19.6 Å². The lowest BCUT2D eigenvalue weighted by atomic mass is 10.2. The molecule has 0 aliphatic carbocycles. The highest BCUT2D eigenvalue weighted by molar-refractivity contribution is 4.75. The van der Waals surface area contributed by atoms with Gasteiger partial charge in [-0.15, -0.1) is 0 Å². The van der Waals surface area contributed by atoms with E-state index < -0.39 is 0 Å². The molecule has 0 aromatic rings. The first-order valence-corrected chi connectivity index (χ1v) is 5.62. The first-order valence-electron chi connectivity index (χ1n) is 5.62. The molecule has 1 aliphatic rings. The Morgan fingerprint density at radius 2 is 1.79 bits per heavy atom. The summed E-state index contributed by atoms with van der Waals surface area (Å²) in [6.07, 6.45) is 0.279. The van der Waals surface area contributed by atoms with Crippen molar-refractivity contribution in [2.45, 2.75) is 40.0 Å². The van der Waals surface area contributed by atoms with Gasteiger partial charge in [0.25, 0.3) is 0 Å². The van der Waals surface area contributed by atoms with Gasteiger partial charge in [0.1, 0.15) is 6.23 Å². The van der Waals surface area contributed by atoms with Gasteiger partial charge in [-0.2, -0.15) is 0 Å². The first kappa shape index (κ1) is 13.9. The molecule has 1 heterocycles. The maximum atomic E-state index is 5.37. The minimum atomic E-state index is 0.279. The van der Waals surface area contributed by atoms with Crippen LogP contribution >= 0.6 is 0 Å². The van der Waals surface area contributed by atoms with E-state index in [-0.39, 0.29) is 6.23 Å². The molecule has 0 bridgehead atoms. The van der Waals surface area contributed by atoms with Crippen LogP contribution in [0.5, 0.6) is 0 Å². The molecule has 3 nitrogen and oxygen atoms in total. The lowest BCUT2D eigenvalue weighted by Crippen LogP contribution is -2.54. The van der Waals surface area contributed by atoms with E-state index in [9.17, 15) is 0 Å². The van der Waals surface area contributed by atoms with Crippen LogP contribution in [0.2, 0.25) is 0 Å².